The van der Waals surface area contributed by atoms with Crippen molar-refractivity contribution in [1.29, 1.82) is 0 Å². The third-order valence-corrected chi connectivity index (χ3v) is 5.61. The van der Waals surface area contributed by atoms with Gasteiger partial charge in [-0.1, -0.05) is 6.92 Å². The van der Waals surface area contributed by atoms with Gasteiger partial charge in [0.25, 0.3) is 5.76 Å². The van der Waals surface area contributed by atoms with Crippen molar-refractivity contribution in [2.45, 2.75) is 19.5 Å². The standard InChI is InChI=1S/C29H23F3O8/c1-3-14-37-28(35)18-6-10-20(11-7-18)39-26-25(34)22-13-12-21(15-24(22)40-27(26)29(30,31)32)38-16-23(33)17-4-8-19(36-2)9-5-17/h4-13,15H,3,14,16H2,1-2H3. The average molecular weight is 556 g/mol. The van der Waals surface area contributed by atoms with E-state index < -0.39 is 41.3 Å². The van der Waals surface area contributed by atoms with Crippen LogP contribution >= 0.6 is 0 Å². The fraction of sp³-hybridized carbons (Fsp3) is 0.207. The second kappa shape index (κ2) is 11.9. The Morgan fingerprint density at radius 1 is 0.875 bits per heavy atom. The number of methoxy groups -OCH3 is 1. The number of carbonyl (C=O) groups excluding carboxylic acids is 2. The Morgan fingerprint density at radius 2 is 1.50 bits per heavy atom. The molecule has 208 valence electrons. The van der Waals surface area contributed by atoms with E-state index in [1.165, 1.54) is 43.5 Å². The molecule has 8 nitrogen and oxygen atoms in total. The number of Topliss-reactive ketones (excluding diaryl/α,β-unsaturated/α-hetero) is 1. The van der Waals surface area contributed by atoms with E-state index in [9.17, 15) is 27.6 Å². The number of benzene rings is 3. The predicted octanol–water partition coefficient (Wildman–Crippen LogP) is 6.44. The van der Waals surface area contributed by atoms with Gasteiger partial charge in [-0.15, -0.1) is 0 Å². The molecule has 0 spiro atoms. The quantitative estimate of drug-likeness (QED) is 0.162. The molecule has 0 aliphatic rings. The molecular formula is C29H23F3O8. The highest BCUT2D eigenvalue weighted by atomic mass is 19.4. The largest absolute Gasteiger partial charge is 0.497 e. The lowest BCUT2D eigenvalue weighted by Gasteiger charge is -2.14. The van der Waals surface area contributed by atoms with Gasteiger partial charge in [0.2, 0.25) is 11.2 Å². The monoisotopic (exact) mass is 556 g/mol. The molecule has 11 heteroatoms. The van der Waals surface area contributed by atoms with Crippen LogP contribution in [0.1, 0.15) is 39.8 Å². The lowest BCUT2D eigenvalue weighted by Crippen LogP contribution is -2.16. The van der Waals surface area contributed by atoms with E-state index in [-0.39, 0.29) is 34.8 Å². The average Bonchev–Trinajstić information content (AvgIpc) is 2.95. The summed E-state index contributed by atoms with van der Waals surface area (Å²) < 4.78 is 67.5. The molecule has 0 fully saturated rings. The Kier molecular flexibility index (Phi) is 8.42. The van der Waals surface area contributed by atoms with Gasteiger partial charge in [-0.05, 0) is 67.1 Å². The number of ether oxygens (including phenoxy) is 4. The summed E-state index contributed by atoms with van der Waals surface area (Å²) in [6.07, 6.45) is -4.45. The molecule has 4 rings (SSSR count). The van der Waals surface area contributed by atoms with Crippen molar-refractivity contribution in [1.82, 2.24) is 0 Å². The Balaban J connectivity index is 1.58. The van der Waals surface area contributed by atoms with E-state index >= 15 is 0 Å². The maximum Gasteiger partial charge on any atom is 0.453 e. The molecule has 0 radical (unpaired) electrons. The van der Waals surface area contributed by atoms with E-state index in [1.54, 1.807) is 24.3 Å². The van der Waals surface area contributed by atoms with Gasteiger partial charge in [-0.2, -0.15) is 13.2 Å². The molecule has 0 bridgehead atoms. The van der Waals surface area contributed by atoms with Crippen LogP contribution in [0.5, 0.6) is 23.0 Å². The number of esters is 1. The smallest absolute Gasteiger partial charge is 0.453 e. The van der Waals surface area contributed by atoms with Crippen molar-refractivity contribution in [3.63, 3.8) is 0 Å². The van der Waals surface area contributed by atoms with Gasteiger partial charge in [-0.3, -0.25) is 9.59 Å². The number of carbonyl (C=O) groups is 2. The number of ketones is 1. The summed E-state index contributed by atoms with van der Waals surface area (Å²) >= 11 is 0. The highest BCUT2D eigenvalue weighted by Gasteiger charge is 2.40. The molecule has 1 aromatic heterocycles. The SMILES string of the molecule is CCCOC(=O)c1ccc(Oc2c(C(F)(F)F)oc3cc(OCC(=O)c4ccc(OC)cc4)ccc3c2=O)cc1. The predicted molar refractivity (Wildman–Crippen MR) is 137 cm³/mol. The van der Waals surface area contributed by atoms with Crippen LogP contribution in [0.25, 0.3) is 11.0 Å². The topological polar surface area (TPSA) is 101 Å². The highest BCUT2D eigenvalue weighted by molar-refractivity contribution is 5.97. The fourth-order valence-electron chi connectivity index (χ4n) is 3.59. The first kappa shape index (κ1) is 28.2. The third kappa shape index (κ3) is 6.42. The van der Waals surface area contributed by atoms with Crippen LogP contribution in [0, 0.1) is 0 Å². The number of alkyl halides is 3. The second-order valence-corrected chi connectivity index (χ2v) is 8.45. The molecule has 0 unspecified atom stereocenters. The van der Waals surface area contributed by atoms with Gasteiger partial charge in [-0.25, -0.2) is 4.79 Å². The summed E-state index contributed by atoms with van der Waals surface area (Å²) in [6.45, 7) is 1.64. The molecule has 0 aliphatic carbocycles. The van der Waals surface area contributed by atoms with E-state index in [4.69, 9.17) is 23.4 Å². The van der Waals surface area contributed by atoms with Gasteiger partial charge in [0.1, 0.15) is 22.8 Å². The lowest BCUT2D eigenvalue weighted by molar-refractivity contribution is -0.154. The zero-order chi connectivity index (χ0) is 28.9. The first-order valence-electron chi connectivity index (χ1n) is 12.0. The van der Waals surface area contributed by atoms with E-state index in [1.807, 2.05) is 6.92 Å². The van der Waals surface area contributed by atoms with Crippen molar-refractivity contribution < 1.29 is 46.1 Å². The number of rotatable bonds is 10. The van der Waals surface area contributed by atoms with Gasteiger partial charge in [0.15, 0.2) is 12.4 Å². The van der Waals surface area contributed by atoms with Gasteiger partial charge in [0, 0.05) is 11.6 Å². The molecular weight excluding hydrogens is 533 g/mol. The summed E-state index contributed by atoms with van der Waals surface area (Å²) in [4.78, 5) is 37.4. The summed E-state index contributed by atoms with van der Waals surface area (Å²) in [5.41, 5.74) is -0.963. The van der Waals surface area contributed by atoms with Crippen LogP contribution in [-0.4, -0.2) is 32.1 Å². The van der Waals surface area contributed by atoms with Crippen molar-refractivity contribution in [3.8, 4) is 23.0 Å². The zero-order valence-electron chi connectivity index (χ0n) is 21.4. The van der Waals surface area contributed by atoms with Crippen molar-refractivity contribution in [3.05, 3.63) is 93.8 Å². The first-order valence-corrected chi connectivity index (χ1v) is 12.0. The summed E-state index contributed by atoms with van der Waals surface area (Å²) in [5.74, 6) is -3.24. The Hall–Kier alpha value is -4.80. The minimum absolute atomic E-state index is 0.0184. The number of hydrogen-bond donors (Lipinski definition) is 0. The number of halogens is 3. The van der Waals surface area contributed by atoms with Crippen molar-refractivity contribution in [2.75, 3.05) is 20.3 Å². The molecule has 0 aliphatic heterocycles. The Bertz CT molecular complexity index is 1570. The minimum atomic E-state index is -5.08. The lowest BCUT2D eigenvalue weighted by atomic mass is 10.1. The highest BCUT2D eigenvalue weighted by Crippen LogP contribution is 2.38. The maximum atomic E-state index is 13.9. The summed E-state index contributed by atoms with van der Waals surface area (Å²) in [6, 6.07) is 15.0. The molecule has 0 saturated carbocycles. The van der Waals surface area contributed by atoms with E-state index in [0.717, 1.165) is 6.07 Å². The first-order chi connectivity index (χ1) is 19.1. The Morgan fingerprint density at radius 3 is 2.12 bits per heavy atom. The summed E-state index contributed by atoms with van der Waals surface area (Å²) in [5, 5.41) is -0.198. The van der Waals surface area contributed by atoms with Gasteiger partial charge < -0.3 is 23.4 Å². The molecule has 0 amide bonds. The van der Waals surface area contributed by atoms with Crippen LogP contribution in [-0.2, 0) is 10.9 Å². The molecule has 40 heavy (non-hydrogen) atoms. The minimum Gasteiger partial charge on any atom is -0.497 e. The molecule has 0 N–H and O–H groups in total. The molecule has 4 aromatic rings. The van der Waals surface area contributed by atoms with Crippen molar-refractivity contribution in [2.24, 2.45) is 0 Å². The van der Waals surface area contributed by atoms with Crippen LogP contribution in [0.2, 0.25) is 0 Å². The maximum absolute atomic E-state index is 13.9. The van der Waals surface area contributed by atoms with Gasteiger partial charge >= 0.3 is 12.1 Å². The van der Waals surface area contributed by atoms with Crippen LogP contribution in [0.4, 0.5) is 13.2 Å². The summed E-state index contributed by atoms with van der Waals surface area (Å²) in [7, 11) is 1.49. The third-order valence-electron chi connectivity index (χ3n) is 5.61. The number of hydrogen-bond acceptors (Lipinski definition) is 8. The van der Waals surface area contributed by atoms with Crippen LogP contribution in [0.3, 0.4) is 0 Å². The normalized spacial score (nSPS) is 11.2. The van der Waals surface area contributed by atoms with Crippen LogP contribution in [0.15, 0.2) is 75.9 Å². The second-order valence-electron chi connectivity index (χ2n) is 8.45. The van der Waals surface area contributed by atoms with Gasteiger partial charge in [0.05, 0.1) is 24.7 Å². The van der Waals surface area contributed by atoms with Crippen LogP contribution < -0.4 is 19.6 Å². The van der Waals surface area contributed by atoms with E-state index in [2.05, 4.69) is 0 Å². The van der Waals surface area contributed by atoms with Crippen molar-refractivity contribution >= 4 is 22.7 Å². The molecule has 0 atom stereocenters. The molecule has 3 aromatic carbocycles. The number of fused-ring (bicyclic) bond motifs is 1. The van der Waals surface area contributed by atoms with E-state index in [0.29, 0.717) is 17.7 Å². The molecule has 0 saturated heterocycles. The fourth-order valence-corrected chi connectivity index (χ4v) is 3.59. The molecule has 1 heterocycles. The zero-order valence-corrected chi connectivity index (χ0v) is 21.4. The Labute approximate surface area is 225 Å².